The number of phenolic OH excluding ortho intramolecular Hbond substituents is 1. The van der Waals surface area contributed by atoms with E-state index in [9.17, 15) is 24.3 Å². The molecule has 0 radical (unpaired) electrons. The molecular weight excluding hydrogens is 936 g/mol. The van der Waals surface area contributed by atoms with Crippen LogP contribution in [0.15, 0.2) is 195 Å². The third-order valence-electron chi connectivity index (χ3n) is 11.6. The Kier molecular flexibility index (Phi) is 19.5. The van der Waals surface area contributed by atoms with Gasteiger partial charge in [-0.15, -0.1) is 0 Å². The minimum absolute atomic E-state index is 0.0415. The Hall–Kier alpha value is -8.61. The summed E-state index contributed by atoms with van der Waals surface area (Å²) in [5.41, 5.74) is 11.6. The number of pyridine rings is 2. The van der Waals surface area contributed by atoms with Gasteiger partial charge in [0.25, 0.3) is 11.8 Å². The lowest BCUT2D eigenvalue weighted by molar-refractivity contribution is 0.0955. The summed E-state index contributed by atoms with van der Waals surface area (Å²) in [5, 5.41) is 14.0. The van der Waals surface area contributed by atoms with Crippen molar-refractivity contribution >= 4 is 34.9 Å². The van der Waals surface area contributed by atoms with Gasteiger partial charge in [0.1, 0.15) is 11.5 Å². The molecule has 0 saturated heterocycles. The van der Waals surface area contributed by atoms with Gasteiger partial charge in [0.15, 0.2) is 0 Å². The zero-order chi connectivity index (χ0) is 52.3. The summed E-state index contributed by atoms with van der Waals surface area (Å²) in [5.74, 6) is 0.502. The summed E-state index contributed by atoms with van der Waals surface area (Å²) in [6.07, 6.45) is 6.67. The molecule has 0 spiro atoms. The molecule has 8 rings (SSSR count). The van der Waals surface area contributed by atoms with Crippen molar-refractivity contribution in [3.05, 3.63) is 217 Å². The Morgan fingerprint density at radius 3 is 1.22 bits per heavy atom. The van der Waals surface area contributed by atoms with E-state index >= 15 is 0 Å². The number of hydrogen-bond acceptors (Lipinski definition) is 8. The highest BCUT2D eigenvalue weighted by molar-refractivity contribution is 6.62. The van der Waals surface area contributed by atoms with Crippen molar-refractivity contribution in [1.29, 1.82) is 0 Å². The summed E-state index contributed by atoms with van der Waals surface area (Å²) in [6.45, 7) is 8.79. The van der Waals surface area contributed by atoms with Gasteiger partial charge in [-0.1, -0.05) is 84.9 Å². The topological polar surface area (TPSA) is 154 Å². The van der Waals surface area contributed by atoms with Crippen LogP contribution in [0.2, 0.25) is 0 Å². The number of carbonyl (C=O) groups is 4. The van der Waals surface area contributed by atoms with E-state index in [0.29, 0.717) is 30.0 Å². The first-order valence-electron chi connectivity index (χ1n) is 23.7. The summed E-state index contributed by atoms with van der Waals surface area (Å²) in [7, 11) is 3.21. The second-order valence-corrected chi connectivity index (χ2v) is 17.6. The minimum atomic E-state index is -0.422. The molecule has 3 N–H and O–H groups in total. The second-order valence-electron chi connectivity index (χ2n) is 17.3. The number of benzene rings is 6. The van der Waals surface area contributed by atoms with Gasteiger partial charge in [0, 0.05) is 75.2 Å². The van der Waals surface area contributed by atoms with Crippen molar-refractivity contribution < 1.29 is 29.0 Å². The van der Waals surface area contributed by atoms with Crippen LogP contribution in [0.5, 0.6) is 11.5 Å². The molecule has 13 heteroatoms. The van der Waals surface area contributed by atoms with Gasteiger partial charge in [0.2, 0.25) is 0 Å². The molecule has 12 nitrogen and oxygen atoms in total. The van der Waals surface area contributed by atoms with E-state index < -0.39 is 11.5 Å². The zero-order valence-electron chi connectivity index (χ0n) is 41.7. The summed E-state index contributed by atoms with van der Waals surface area (Å²) in [4.78, 5) is 59.0. The third-order valence-corrected chi connectivity index (χ3v) is 11.9. The number of rotatable bonds is 13. The minimum Gasteiger partial charge on any atom is -0.508 e. The van der Waals surface area contributed by atoms with Gasteiger partial charge >= 0.3 is 11.5 Å². The van der Waals surface area contributed by atoms with Gasteiger partial charge in [-0.25, -0.2) is 4.79 Å². The zero-order valence-corrected chi connectivity index (χ0v) is 42.5. The standard InChI is InChI=1S/C30H29N3O3.C16H17ClN2O.C14H13NO2/c1-21(2)33(20-22-5-4-6-27(19-22)25-15-17-32-18-16-25)30(35)36-28-13-11-24(12-14-28)23-7-9-26(10-8-23)29(34)31-3;1-12(2)19(16(17)20)11-13-4-3-5-15(10-13)14-6-8-18-9-7-14;1-15-14(17)12-4-2-10(3-5-12)11-6-8-13(16)9-7-11/h4-19,21H,20H2,1-3H3,(H,31,34);3-10,12H,11H2,1-2H3;2-9,16H,1H3,(H,15,17). The third kappa shape index (κ3) is 15.7. The molecular formula is C60H59ClN6O6. The summed E-state index contributed by atoms with van der Waals surface area (Å²) >= 11 is 5.62. The molecule has 2 aromatic heterocycles. The maximum Gasteiger partial charge on any atom is 0.415 e. The van der Waals surface area contributed by atoms with Crippen molar-refractivity contribution in [2.75, 3.05) is 14.1 Å². The summed E-state index contributed by atoms with van der Waals surface area (Å²) < 4.78 is 5.71. The van der Waals surface area contributed by atoms with Crippen LogP contribution in [0.25, 0.3) is 44.5 Å². The van der Waals surface area contributed by atoms with Crippen molar-refractivity contribution in [3.63, 3.8) is 0 Å². The predicted octanol–water partition coefficient (Wildman–Crippen LogP) is 12.9. The number of nitrogens with one attached hydrogen (secondary N) is 2. The van der Waals surface area contributed by atoms with Crippen molar-refractivity contribution in [2.45, 2.75) is 52.9 Å². The van der Waals surface area contributed by atoms with Gasteiger partial charge in [0.05, 0.1) is 0 Å². The van der Waals surface area contributed by atoms with Crippen LogP contribution in [0, 0.1) is 0 Å². The number of ether oxygens (including phenoxy) is 1. The van der Waals surface area contributed by atoms with Crippen molar-refractivity contribution in [3.8, 4) is 56.0 Å². The van der Waals surface area contributed by atoms with Crippen LogP contribution in [-0.2, 0) is 13.1 Å². The molecule has 6 aromatic carbocycles. The normalized spacial score (nSPS) is 10.5. The van der Waals surface area contributed by atoms with E-state index in [0.717, 1.165) is 55.6 Å². The van der Waals surface area contributed by atoms with Crippen LogP contribution in [0.4, 0.5) is 9.59 Å². The number of aromatic hydroxyl groups is 1. The molecule has 0 aliphatic carbocycles. The molecule has 2 heterocycles. The molecule has 0 saturated carbocycles. The molecule has 0 aliphatic heterocycles. The van der Waals surface area contributed by atoms with Gasteiger partial charge in [-0.05, 0) is 180 Å². The van der Waals surface area contributed by atoms with E-state index in [-0.39, 0.29) is 29.6 Å². The van der Waals surface area contributed by atoms with Crippen LogP contribution < -0.4 is 15.4 Å². The first kappa shape index (κ1) is 53.7. The maximum absolute atomic E-state index is 13.1. The van der Waals surface area contributed by atoms with Gasteiger partial charge < -0.3 is 30.3 Å². The lowest BCUT2D eigenvalue weighted by atomic mass is 10.0. The number of phenols is 1. The van der Waals surface area contributed by atoms with E-state index in [2.05, 4.69) is 32.7 Å². The van der Waals surface area contributed by atoms with Crippen LogP contribution in [0.1, 0.15) is 59.5 Å². The van der Waals surface area contributed by atoms with Crippen molar-refractivity contribution in [2.24, 2.45) is 0 Å². The van der Waals surface area contributed by atoms with Crippen LogP contribution in [0.3, 0.4) is 0 Å². The smallest absolute Gasteiger partial charge is 0.415 e. The Morgan fingerprint density at radius 1 is 0.493 bits per heavy atom. The average Bonchev–Trinajstić information content (AvgIpc) is 3.42. The number of nitrogens with zero attached hydrogens (tertiary/aromatic N) is 4. The SMILES string of the molecule is CC(C)N(Cc1cccc(-c2ccncc2)c1)C(=O)Cl.CNC(=O)c1ccc(-c2ccc(O)cc2)cc1.CNC(=O)c1ccc(-c2ccc(OC(=O)N(Cc3cccc(-c4ccncc4)c3)C(C)C)cc2)cc1. The number of amides is 4. The average molecular weight is 996 g/mol. The Morgan fingerprint density at radius 2 is 0.849 bits per heavy atom. The molecule has 4 amide bonds. The van der Waals surface area contributed by atoms with Gasteiger partial charge in [-0.3, -0.25) is 24.4 Å². The number of aromatic nitrogens is 2. The fraction of sp³-hybridized carbons (Fsp3) is 0.167. The largest absolute Gasteiger partial charge is 0.508 e. The van der Waals surface area contributed by atoms with E-state index in [4.69, 9.17) is 16.3 Å². The lowest BCUT2D eigenvalue weighted by Gasteiger charge is -2.26. The monoisotopic (exact) mass is 994 g/mol. The highest BCUT2D eigenvalue weighted by Gasteiger charge is 2.20. The van der Waals surface area contributed by atoms with Gasteiger partial charge in [-0.2, -0.15) is 0 Å². The summed E-state index contributed by atoms with van der Waals surface area (Å²) in [6, 6.07) is 53.1. The first-order chi connectivity index (χ1) is 35.2. The van der Waals surface area contributed by atoms with Crippen LogP contribution >= 0.6 is 11.6 Å². The fourth-order valence-electron chi connectivity index (χ4n) is 7.53. The molecule has 0 atom stereocenters. The number of halogens is 1. The van der Waals surface area contributed by atoms with Crippen molar-refractivity contribution in [1.82, 2.24) is 30.4 Å². The Bertz CT molecular complexity index is 3050. The molecule has 0 bridgehead atoms. The number of carbonyl (C=O) groups excluding carboxylic acids is 4. The lowest BCUT2D eigenvalue weighted by Crippen LogP contribution is -2.38. The second kappa shape index (κ2) is 26.6. The molecule has 0 fully saturated rings. The Labute approximate surface area is 432 Å². The predicted molar refractivity (Wildman–Crippen MR) is 290 cm³/mol. The van der Waals surface area contributed by atoms with E-state index in [1.807, 2.05) is 137 Å². The molecule has 372 valence electrons. The quantitative estimate of drug-likeness (QED) is 0.0762. The number of hydrogen-bond donors (Lipinski definition) is 3. The van der Waals surface area contributed by atoms with E-state index in [1.54, 1.807) is 97.2 Å². The molecule has 0 aliphatic rings. The highest BCUT2D eigenvalue weighted by atomic mass is 35.5. The van der Waals surface area contributed by atoms with Crippen LogP contribution in [-0.4, -0.2) is 74.3 Å². The molecule has 73 heavy (non-hydrogen) atoms. The first-order valence-corrected chi connectivity index (χ1v) is 24.1. The van der Waals surface area contributed by atoms with E-state index in [1.165, 1.54) is 0 Å². The fourth-order valence-corrected chi connectivity index (χ4v) is 7.79. The highest BCUT2D eigenvalue weighted by Crippen LogP contribution is 2.27. The molecule has 0 unspecified atom stereocenters. The maximum atomic E-state index is 13.1. The molecule has 8 aromatic rings. The Balaban J connectivity index is 0.000000197.